The van der Waals surface area contributed by atoms with Crippen LogP contribution in [0.2, 0.25) is 0 Å². The van der Waals surface area contributed by atoms with Gasteiger partial charge >= 0.3 is 6.03 Å². The van der Waals surface area contributed by atoms with Crippen LogP contribution in [0.1, 0.15) is 35.6 Å². The van der Waals surface area contributed by atoms with E-state index in [0.717, 1.165) is 36.3 Å². The molecular formula is C27H28N2O2. The third-order valence-corrected chi connectivity index (χ3v) is 5.71. The van der Waals surface area contributed by atoms with Crippen LogP contribution in [0.3, 0.4) is 0 Å². The molecule has 3 aromatic rings. The lowest BCUT2D eigenvalue weighted by Gasteiger charge is -2.35. The maximum absolute atomic E-state index is 13.4. The lowest BCUT2D eigenvalue weighted by atomic mass is 9.87. The van der Waals surface area contributed by atoms with Crippen LogP contribution in [-0.2, 0) is 6.42 Å². The molecular weight excluding hydrogens is 384 g/mol. The van der Waals surface area contributed by atoms with Gasteiger partial charge in [0.25, 0.3) is 0 Å². The number of urea groups is 1. The lowest BCUT2D eigenvalue weighted by molar-refractivity contribution is 0.188. The normalized spacial score (nSPS) is 15.3. The predicted molar refractivity (Wildman–Crippen MR) is 126 cm³/mol. The molecule has 31 heavy (non-hydrogen) atoms. The zero-order chi connectivity index (χ0) is 21.5. The van der Waals surface area contributed by atoms with Gasteiger partial charge < -0.3 is 15.0 Å². The van der Waals surface area contributed by atoms with Crippen molar-refractivity contribution in [3.63, 3.8) is 0 Å². The Morgan fingerprint density at radius 3 is 2.71 bits per heavy atom. The highest BCUT2D eigenvalue weighted by Gasteiger charge is 2.28. The number of carbonyl (C=O) groups is 1. The second-order valence-corrected chi connectivity index (χ2v) is 7.73. The average molecular weight is 413 g/mol. The number of rotatable bonds is 6. The van der Waals surface area contributed by atoms with Crippen molar-refractivity contribution in [2.24, 2.45) is 0 Å². The minimum absolute atomic E-state index is 0.0518. The van der Waals surface area contributed by atoms with E-state index in [0.29, 0.717) is 6.54 Å². The molecule has 2 amide bonds. The van der Waals surface area contributed by atoms with Gasteiger partial charge in [-0.15, -0.1) is 0 Å². The quantitative estimate of drug-likeness (QED) is 0.515. The van der Waals surface area contributed by atoms with Crippen LogP contribution in [0.15, 0.2) is 84.9 Å². The van der Waals surface area contributed by atoms with Gasteiger partial charge in [0, 0.05) is 18.3 Å². The second kappa shape index (κ2) is 9.98. The Morgan fingerprint density at radius 1 is 1.06 bits per heavy atom. The third-order valence-electron chi connectivity index (χ3n) is 5.71. The van der Waals surface area contributed by atoms with Gasteiger partial charge in [0.2, 0.25) is 0 Å². The molecule has 1 unspecified atom stereocenters. The number of anilines is 1. The molecule has 4 nitrogen and oxygen atoms in total. The number of benzene rings is 3. The fourth-order valence-electron chi connectivity index (χ4n) is 4.17. The Kier molecular flexibility index (Phi) is 6.68. The standard InChI is InChI=1S/C27H28N2O2/c1-31-24-16-8-15-23(20-24)28-27(30)29(19-9-12-21-10-3-2-4-11-21)26-18-7-14-22-13-5-6-17-25(22)26/h2-6,8-13,15-17,20,26H,7,14,18-19H2,1H3,(H,28,30). The van der Waals surface area contributed by atoms with Crippen LogP contribution in [0.25, 0.3) is 6.08 Å². The van der Waals surface area contributed by atoms with Crippen molar-refractivity contribution < 1.29 is 9.53 Å². The van der Waals surface area contributed by atoms with E-state index in [1.807, 2.05) is 47.4 Å². The molecule has 0 fully saturated rings. The van der Waals surface area contributed by atoms with Crippen LogP contribution < -0.4 is 10.1 Å². The molecule has 0 bridgehead atoms. The number of nitrogens with one attached hydrogen (secondary N) is 1. The Labute approximate surface area is 184 Å². The first kappa shape index (κ1) is 20.7. The summed E-state index contributed by atoms with van der Waals surface area (Å²) in [6, 6.07) is 26.1. The zero-order valence-corrected chi connectivity index (χ0v) is 17.8. The molecule has 4 rings (SSSR count). The topological polar surface area (TPSA) is 41.6 Å². The van der Waals surface area contributed by atoms with Crippen LogP contribution in [0.5, 0.6) is 5.75 Å². The van der Waals surface area contributed by atoms with Crippen molar-refractivity contribution in [2.45, 2.75) is 25.3 Å². The van der Waals surface area contributed by atoms with Gasteiger partial charge in [0.05, 0.1) is 13.2 Å². The molecule has 0 spiro atoms. The Bertz CT molecular complexity index is 1050. The molecule has 1 N–H and O–H groups in total. The van der Waals surface area contributed by atoms with Crippen molar-refractivity contribution in [3.05, 3.63) is 102 Å². The number of aryl methyl sites for hydroxylation is 1. The number of methoxy groups -OCH3 is 1. The highest BCUT2D eigenvalue weighted by atomic mass is 16.5. The summed E-state index contributed by atoms with van der Waals surface area (Å²) >= 11 is 0. The van der Waals surface area contributed by atoms with Gasteiger partial charge in [-0.2, -0.15) is 0 Å². The van der Waals surface area contributed by atoms with E-state index in [2.05, 4.69) is 53.9 Å². The van der Waals surface area contributed by atoms with Gasteiger partial charge in [0.15, 0.2) is 0 Å². The molecule has 0 heterocycles. The van der Waals surface area contributed by atoms with Gasteiger partial charge in [-0.3, -0.25) is 0 Å². The minimum Gasteiger partial charge on any atom is -0.497 e. The van der Waals surface area contributed by atoms with Gasteiger partial charge in [-0.05, 0) is 48.1 Å². The number of ether oxygens (including phenoxy) is 1. The Balaban J connectivity index is 1.59. The fraction of sp³-hybridized carbons (Fsp3) is 0.222. The first-order valence-corrected chi connectivity index (χ1v) is 10.8. The highest BCUT2D eigenvalue weighted by molar-refractivity contribution is 5.90. The van der Waals surface area contributed by atoms with Crippen LogP contribution >= 0.6 is 0 Å². The molecule has 0 aromatic heterocycles. The van der Waals surface area contributed by atoms with Crippen molar-refractivity contribution in [2.75, 3.05) is 19.0 Å². The van der Waals surface area contributed by atoms with Gasteiger partial charge in [-0.25, -0.2) is 4.79 Å². The minimum atomic E-state index is -0.104. The largest absolute Gasteiger partial charge is 0.497 e. The van der Waals surface area contributed by atoms with E-state index < -0.39 is 0 Å². The average Bonchev–Trinajstić information content (AvgIpc) is 2.82. The molecule has 0 saturated heterocycles. The van der Waals surface area contributed by atoms with E-state index in [1.54, 1.807) is 7.11 Å². The maximum Gasteiger partial charge on any atom is 0.322 e. The van der Waals surface area contributed by atoms with Crippen molar-refractivity contribution in [1.29, 1.82) is 0 Å². The van der Waals surface area contributed by atoms with E-state index in [9.17, 15) is 4.79 Å². The number of hydrogen-bond donors (Lipinski definition) is 1. The Morgan fingerprint density at radius 2 is 1.87 bits per heavy atom. The Hall–Kier alpha value is -3.53. The van der Waals surface area contributed by atoms with Crippen molar-refractivity contribution in [3.8, 4) is 5.75 Å². The number of fused-ring (bicyclic) bond motifs is 1. The van der Waals surface area contributed by atoms with E-state index in [4.69, 9.17) is 4.74 Å². The summed E-state index contributed by atoms with van der Waals surface area (Å²) in [4.78, 5) is 15.3. The molecule has 1 aliphatic rings. The monoisotopic (exact) mass is 412 g/mol. The van der Waals surface area contributed by atoms with Gasteiger partial charge in [0.1, 0.15) is 5.75 Å². The molecule has 158 valence electrons. The summed E-state index contributed by atoms with van der Waals surface area (Å²) in [6.45, 7) is 0.531. The van der Waals surface area contributed by atoms with E-state index in [1.165, 1.54) is 11.1 Å². The summed E-state index contributed by atoms with van der Waals surface area (Å²) in [5.74, 6) is 0.719. The van der Waals surface area contributed by atoms with Crippen LogP contribution in [0.4, 0.5) is 10.5 Å². The highest BCUT2D eigenvalue weighted by Crippen LogP contribution is 2.34. The number of hydrogen-bond acceptors (Lipinski definition) is 2. The molecule has 0 saturated carbocycles. The lowest BCUT2D eigenvalue weighted by Crippen LogP contribution is -2.39. The molecule has 3 aromatic carbocycles. The molecule has 0 aliphatic heterocycles. The van der Waals surface area contributed by atoms with E-state index >= 15 is 0 Å². The smallest absolute Gasteiger partial charge is 0.322 e. The van der Waals surface area contributed by atoms with Crippen LogP contribution in [-0.4, -0.2) is 24.6 Å². The summed E-state index contributed by atoms with van der Waals surface area (Å²) in [7, 11) is 1.63. The number of nitrogens with zero attached hydrogens (tertiary/aromatic N) is 1. The summed E-state index contributed by atoms with van der Waals surface area (Å²) in [5, 5.41) is 3.07. The number of carbonyl (C=O) groups excluding carboxylic acids is 1. The first-order valence-electron chi connectivity index (χ1n) is 10.8. The van der Waals surface area contributed by atoms with Gasteiger partial charge in [-0.1, -0.05) is 72.8 Å². The second-order valence-electron chi connectivity index (χ2n) is 7.73. The summed E-state index contributed by atoms with van der Waals surface area (Å²) in [6.07, 6.45) is 7.24. The van der Waals surface area contributed by atoms with Crippen molar-refractivity contribution >= 4 is 17.8 Å². The first-order chi connectivity index (χ1) is 15.2. The molecule has 1 aliphatic carbocycles. The SMILES string of the molecule is COc1cccc(NC(=O)N(CC=Cc2ccccc2)C2CCCc3ccccc32)c1. The maximum atomic E-state index is 13.4. The summed E-state index contributed by atoms with van der Waals surface area (Å²) in [5.41, 5.74) is 4.44. The molecule has 4 heteroatoms. The predicted octanol–water partition coefficient (Wildman–Crippen LogP) is 6.32. The zero-order valence-electron chi connectivity index (χ0n) is 17.8. The fourth-order valence-corrected chi connectivity index (χ4v) is 4.17. The van der Waals surface area contributed by atoms with Crippen LogP contribution in [0, 0.1) is 0 Å². The number of amides is 2. The van der Waals surface area contributed by atoms with Crippen molar-refractivity contribution in [1.82, 2.24) is 4.90 Å². The molecule has 0 radical (unpaired) electrons. The summed E-state index contributed by atoms with van der Waals surface area (Å²) < 4.78 is 5.30. The molecule has 1 atom stereocenters. The van der Waals surface area contributed by atoms with E-state index in [-0.39, 0.29) is 12.1 Å². The third kappa shape index (κ3) is 5.15.